The number of nitrogens with one attached hydrogen (secondary N) is 1. The minimum Gasteiger partial charge on any atom is -0.466 e. The third-order valence-corrected chi connectivity index (χ3v) is 4.54. The molecule has 0 radical (unpaired) electrons. The summed E-state index contributed by atoms with van der Waals surface area (Å²) >= 11 is 0. The van der Waals surface area contributed by atoms with Crippen LogP contribution in [0.25, 0.3) is 0 Å². The monoisotopic (exact) mass is 339 g/mol. The molecular formula is C18H21N5O2. The van der Waals surface area contributed by atoms with Gasteiger partial charge in [0.1, 0.15) is 17.6 Å². The third kappa shape index (κ3) is 3.79. The third-order valence-electron chi connectivity index (χ3n) is 4.54. The second kappa shape index (κ2) is 7.34. The fraction of sp³-hybridized carbons (Fsp3) is 0.444. The molecule has 3 rings (SSSR count). The number of piperidine rings is 1. The van der Waals surface area contributed by atoms with Crippen LogP contribution in [-0.2, 0) is 0 Å². The Labute approximate surface area is 146 Å². The molecule has 1 amide bonds. The SMILES string of the molecule is Cc1cc(C(=O)NCC2CCN(c3nccnc3C#N)CC2)c(C)o1. The van der Waals surface area contributed by atoms with Gasteiger partial charge in [-0.2, -0.15) is 5.26 Å². The lowest BCUT2D eigenvalue weighted by atomic mass is 9.96. The Kier molecular flexibility index (Phi) is 4.98. The first-order valence-corrected chi connectivity index (χ1v) is 8.39. The van der Waals surface area contributed by atoms with Crippen LogP contribution in [0.3, 0.4) is 0 Å². The summed E-state index contributed by atoms with van der Waals surface area (Å²) in [4.78, 5) is 22.7. The number of furan rings is 1. The van der Waals surface area contributed by atoms with E-state index in [1.807, 2.05) is 6.92 Å². The number of anilines is 1. The number of amides is 1. The average molecular weight is 339 g/mol. The van der Waals surface area contributed by atoms with Crippen molar-refractivity contribution < 1.29 is 9.21 Å². The molecular weight excluding hydrogens is 318 g/mol. The maximum Gasteiger partial charge on any atom is 0.254 e. The lowest BCUT2D eigenvalue weighted by Gasteiger charge is -2.32. The van der Waals surface area contributed by atoms with Gasteiger partial charge in [0.05, 0.1) is 5.56 Å². The first kappa shape index (κ1) is 17.0. The van der Waals surface area contributed by atoms with Crippen molar-refractivity contribution in [1.82, 2.24) is 15.3 Å². The quantitative estimate of drug-likeness (QED) is 0.917. The van der Waals surface area contributed by atoms with E-state index < -0.39 is 0 Å². The summed E-state index contributed by atoms with van der Waals surface area (Å²) in [5, 5.41) is 12.1. The van der Waals surface area contributed by atoms with Gasteiger partial charge >= 0.3 is 0 Å². The van der Waals surface area contributed by atoms with Crippen molar-refractivity contribution in [3.05, 3.63) is 41.2 Å². The number of aromatic nitrogens is 2. The van der Waals surface area contributed by atoms with Gasteiger partial charge in [-0.1, -0.05) is 0 Å². The van der Waals surface area contributed by atoms with Gasteiger partial charge in [-0.05, 0) is 38.7 Å². The van der Waals surface area contributed by atoms with E-state index in [1.54, 1.807) is 19.2 Å². The van der Waals surface area contributed by atoms with Gasteiger partial charge in [0.15, 0.2) is 11.5 Å². The number of carbonyl (C=O) groups excluding carboxylic acids is 1. The van der Waals surface area contributed by atoms with Gasteiger partial charge < -0.3 is 14.6 Å². The highest BCUT2D eigenvalue weighted by molar-refractivity contribution is 5.95. The number of aryl methyl sites for hydroxylation is 2. The van der Waals surface area contributed by atoms with Crippen molar-refractivity contribution in [3.63, 3.8) is 0 Å². The van der Waals surface area contributed by atoms with Crippen LogP contribution in [0, 0.1) is 31.1 Å². The lowest BCUT2D eigenvalue weighted by Crippen LogP contribution is -2.39. The maximum absolute atomic E-state index is 12.3. The summed E-state index contributed by atoms with van der Waals surface area (Å²) < 4.78 is 5.41. The van der Waals surface area contributed by atoms with Crippen LogP contribution in [0.2, 0.25) is 0 Å². The second-order valence-electron chi connectivity index (χ2n) is 6.31. The van der Waals surface area contributed by atoms with E-state index in [2.05, 4.69) is 26.3 Å². The summed E-state index contributed by atoms with van der Waals surface area (Å²) in [7, 11) is 0. The Bertz CT molecular complexity index is 800. The topological polar surface area (TPSA) is 95.0 Å². The second-order valence-corrected chi connectivity index (χ2v) is 6.31. The van der Waals surface area contributed by atoms with Crippen LogP contribution >= 0.6 is 0 Å². The summed E-state index contributed by atoms with van der Waals surface area (Å²) in [6.07, 6.45) is 5.01. The number of rotatable bonds is 4. The largest absolute Gasteiger partial charge is 0.466 e. The highest BCUT2D eigenvalue weighted by Crippen LogP contribution is 2.23. The Morgan fingerprint density at radius 1 is 1.36 bits per heavy atom. The molecule has 7 heteroatoms. The van der Waals surface area contributed by atoms with Gasteiger partial charge in [0, 0.05) is 32.0 Å². The van der Waals surface area contributed by atoms with Crippen molar-refractivity contribution in [2.75, 3.05) is 24.5 Å². The molecule has 1 aliphatic rings. The Morgan fingerprint density at radius 3 is 2.72 bits per heavy atom. The molecule has 1 fully saturated rings. The molecule has 0 bridgehead atoms. The highest BCUT2D eigenvalue weighted by Gasteiger charge is 2.23. The van der Waals surface area contributed by atoms with E-state index >= 15 is 0 Å². The molecule has 0 aliphatic carbocycles. The number of hydrogen-bond donors (Lipinski definition) is 1. The normalized spacial score (nSPS) is 15.0. The highest BCUT2D eigenvalue weighted by atomic mass is 16.3. The minimum atomic E-state index is -0.0857. The van der Waals surface area contributed by atoms with Gasteiger partial charge in [0.2, 0.25) is 0 Å². The Hall–Kier alpha value is -2.88. The molecule has 3 heterocycles. The van der Waals surface area contributed by atoms with E-state index in [0.29, 0.717) is 35.3 Å². The van der Waals surface area contributed by atoms with Gasteiger partial charge in [-0.15, -0.1) is 0 Å². The molecule has 1 N–H and O–H groups in total. The van der Waals surface area contributed by atoms with Crippen molar-refractivity contribution >= 4 is 11.7 Å². The number of hydrogen-bond acceptors (Lipinski definition) is 6. The van der Waals surface area contributed by atoms with Crippen molar-refractivity contribution in [2.24, 2.45) is 5.92 Å². The molecule has 2 aromatic heterocycles. The van der Waals surface area contributed by atoms with E-state index in [0.717, 1.165) is 31.7 Å². The predicted molar refractivity (Wildman–Crippen MR) is 92.2 cm³/mol. The molecule has 0 spiro atoms. The molecule has 1 aliphatic heterocycles. The number of carbonyl (C=O) groups is 1. The fourth-order valence-electron chi connectivity index (χ4n) is 3.18. The van der Waals surface area contributed by atoms with Crippen molar-refractivity contribution in [1.29, 1.82) is 5.26 Å². The molecule has 2 aromatic rings. The van der Waals surface area contributed by atoms with Crippen molar-refractivity contribution in [2.45, 2.75) is 26.7 Å². The summed E-state index contributed by atoms with van der Waals surface area (Å²) in [6, 6.07) is 3.86. The molecule has 130 valence electrons. The van der Waals surface area contributed by atoms with Gasteiger partial charge in [-0.25, -0.2) is 9.97 Å². The Balaban J connectivity index is 1.52. The summed E-state index contributed by atoms with van der Waals surface area (Å²) in [5.41, 5.74) is 0.966. The fourth-order valence-corrected chi connectivity index (χ4v) is 3.18. The zero-order valence-electron chi connectivity index (χ0n) is 14.5. The lowest BCUT2D eigenvalue weighted by molar-refractivity contribution is 0.0943. The van der Waals surface area contributed by atoms with Crippen LogP contribution in [0.4, 0.5) is 5.82 Å². The molecule has 0 unspecified atom stereocenters. The predicted octanol–water partition coefficient (Wildman–Crippen LogP) is 2.20. The summed E-state index contributed by atoms with van der Waals surface area (Å²) in [6.45, 7) is 5.88. The zero-order chi connectivity index (χ0) is 17.8. The maximum atomic E-state index is 12.3. The first-order chi connectivity index (χ1) is 12.1. The number of nitriles is 1. The van der Waals surface area contributed by atoms with E-state index in [9.17, 15) is 4.79 Å². The summed E-state index contributed by atoms with van der Waals surface area (Å²) in [5.74, 6) is 2.37. The van der Waals surface area contributed by atoms with Crippen LogP contribution in [0.5, 0.6) is 0 Å². The average Bonchev–Trinajstić information content (AvgIpc) is 2.98. The number of nitrogens with zero attached hydrogens (tertiary/aromatic N) is 4. The molecule has 0 aromatic carbocycles. The van der Waals surface area contributed by atoms with Crippen molar-refractivity contribution in [3.8, 4) is 6.07 Å². The molecule has 7 nitrogen and oxygen atoms in total. The Morgan fingerprint density at radius 2 is 2.08 bits per heavy atom. The van der Waals surface area contributed by atoms with E-state index in [4.69, 9.17) is 9.68 Å². The van der Waals surface area contributed by atoms with Crippen LogP contribution in [-0.4, -0.2) is 35.5 Å². The van der Waals surface area contributed by atoms with Crippen LogP contribution in [0.1, 0.15) is 40.4 Å². The van der Waals surface area contributed by atoms with Gasteiger partial charge in [0.25, 0.3) is 5.91 Å². The van der Waals surface area contributed by atoms with Gasteiger partial charge in [-0.3, -0.25) is 4.79 Å². The minimum absolute atomic E-state index is 0.0857. The van der Waals surface area contributed by atoms with Crippen LogP contribution < -0.4 is 10.2 Å². The standard InChI is InChI=1S/C18H21N5O2/c1-12-9-15(13(2)25-12)18(24)22-11-14-3-7-23(8-4-14)17-16(10-19)20-5-6-21-17/h5-6,9,14H,3-4,7-8,11H2,1-2H3,(H,22,24). The smallest absolute Gasteiger partial charge is 0.254 e. The molecule has 25 heavy (non-hydrogen) atoms. The molecule has 0 atom stereocenters. The van der Waals surface area contributed by atoms with E-state index in [-0.39, 0.29) is 5.91 Å². The van der Waals surface area contributed by atoms with Crippen LogP contribution in [0.15, 0.2) is 22.9 Å². The molecule has 1 saturated heterocycles. The van der Waals surface area contributed by atoms with E-state index in [1.165, 1.54) is 6.20 Å². The zero-order valence-corrected chi connectivity index (χ0v) is 14.5. The first-order valence-electron chi connectivity index (χ1n) is 8.39. The molecule has 0 saturated carbocycles.